The SMILES string of the molecule is CC(C)[C@H](NC(=O)CC1C=CCC1)C(=O)OC(C)(C)C. The average Bonchev–Trinajstić information content (AvgIpc) is 2.75. The number of ether oxygens (including phenoxy) is 1. The molecule has 0 bridgehead atoms. The Morgan fingerprint density at radius 2 is 2.00 bits per heavy atom. The molecule has 0 fully saturated rings. The number of nitrogens with one attached hydrogen (secondary N) is 1. The molecule has 0 aromatic rings. The Bertz CT molecular complexity index is 380. The van der Waals surface area contributed by atoms with Crippen molar-refractivity contribution < 1.29 is 14.3 Å². The van der Waals surface area contributed by atoms with Gasteiger partial charge in [-0.25, -0.2) is 4.79 Å². The molecule has 20 heavy (non-hydrogen) atoms. The summed E-state index contributed by atoms with van der Waals surface area (Å²) in [5, 5.41) is 2.82. The van der Waals surface area contributed by atoms with Gasteiger partial charge in [-0.2, -0.15) is 0 Å². The molecule has 1 N–H and O–H groups in total. The van der Waals surface area contributed by atoms with Gasteiger partial charge in [0.1, 0.15) is 11.6 Å². The molecule has 0 saturated carbocycles. The zero-order valence-corrected chi connectivity index (χ0v) is 13.2. The van der Waals surface area contributed by atoms with E-state index in [-0.39, 0.29) is 17.8 Å². The quantitative estimate of drug-likeness (QED) is 0.623. The van der Waals surface area contributed by atoms with E-state index in [1.807, 2.05) is 34.6 Å². The molecular weight excluding hydrogens is 254 g/mol. The van der Waals surface area contributed by atoms with Crippen molar-refractivity contribution in [1.82, 2.24) is 5.32 Å². The van der Waals surface area contributed by atoms with E-state index in [1.165, 1.54) is 0 Å². The Morgan fingerprint density at radius 3 is 2.45 bits per heavy atom. The summed E-state index contributed by atoms with van der Waals surface area (Å²) in [6.45, 7) is 9.29. The van der Waals surface area contributed by atoms with Gasteiger partial charge >= 0.3 is 5.97 Å². The number of esters is 1. The molecule has 1 aliphatic carbocycles. The Kier molecular flexibility index (Phi) is 5.78. The third-order valence-electron chi connectivity index (χ3n) is 3.20. The highest BCUT2D eigenvalue weighted by Crippen LogP contribution is 2.20. The molecule has 1 unspecified atom stereocenters. The standard InChI is InChI=1S/C16H27NO3/c1-11(2)14(15(19)20-16(3,4)5)17-13(18)10-12-8-6-7-9-12/h6,8,11-12,14H,7,9-10H2,1-5H3,(H,17,18)/t12?,14-/m0/s1. The first-order valence-corrected chi connectivity index (χ1v) is 7.38. The van der Waals surface area contributed by atoms with Crippen LogP contribution < -0.4 is 5.32 Å². The molecule has 0 spiro atoms. The van der Waals surface area contributed by atoms with E-state index in [2.05, 4.69) is 17.5 Å². The van der Waals surface area contributed by atoms with Crippen molar-refractivity contribution in [2.75, 3.05) is 0 Å². The zero-order chi connectivity index (χ0) is 15.3. The molecule has 0 aromatic carbocycles. The van der Waals surface area contributed by atoms with Crippen LogP contribution in [0.15, 0.2) is 12.2 Å². The summed E-state index contributed by atoms with van der Waals surface area (Å²) in [7, 11) is 0. The van der Waals surface area contributed by atoms with Crippen LogP contribution in [0.5, 0.6) is 0 Å². The van der Waals surface area contributed by atoms with Crippen molar-refractivity contribution in [3.8, 4) is 0 Å². The van der Waals surface area contributed by atoms with Crippen molar-refractivity contribution in [2.45, 2.75) is 65.5 Å². The lowest BCUT2D eigenvalue weighted by Crippen LogP contribution is -2.47. The fourth-order valence-corrected chi connectivity index (χ4v) is 2.20. The summed E-state index contributed by atoms with van der Waals surface area (Å²) in [4.78, 5) is 24.2. The molecule has 0 aliphatic heterocycles. The number of allylic oxidation sites excluding steroid dienone is 2. The highest BCUT2D eigenvalue weighted by molar-refractivity contribution is 5.85. The number of hydrogen-bond donors (Lipinski definition) is 1. The second kappa shape index (κ2) is 6.91. The molecular formula is C16H27NO3. The molecule has 1 amide bonds. The van der Waals surface area contributed by atoms with Gasteiger partial charge in [0.2, 0.25) is 5.91 Å². The summed E-state index contributed by atoms with van der Waals surface area (Å²) >= 11 is 0. The second-order valence-corrected chi connectivity index (χ2v) is 6.79. The summed E-state index contributed by atoms with van der Waals surface area (Å²) in [6, 6.07) is -0.577. The Morgan fingerprint density at radius 1 is 1.35 bits per heavy atom. The third-order valence-corrected chi connectivity index (χ3v) is 3.20. The first-order valence-electron chi connectivity index (χ1n) is 7.38. The van der Waals surface area contributed by atoms with Crippen LogP contribution >= 0.6 is 0 Å². The lowest BCUT2D eigenvalue weighted by molar-refractivity contribution is -0.160. The van der Waals surface area contributed by atoms with Crippen molar-refractivity contribution in [1.29, 1.82) is 0 Å². The third kappa shape index (κ3) is 5.76. The Balaban J connectivity index is 2.55. The molecule has 114 valence electrons. The number of carbonyl (C=O) groups is 2. The summed E-state index contributed by atoms with van der Waals surface area (Å²) < 4.78 is 5.36. The number of hydrogen-bond acceptors (Lipinski definition) is 3. The smallest absolute Gasteiger partial charge is 0.329 e. The maximum Gasteiger partial charge on any atom is 0.329 e. The van der Waals surface area contributed by atoms with Crippen LogP contribution in [0.3, 0.4) is 0 Å². The first-order chi connectivity index (χ1) is 9.19. The topological polar surface area (TPSA) is 55.4 Å². The lowest BCUT2D eigenvalue weighted by Gasteiger charge is -2.26. The Labute approximate surface area is 122 Å². The van der Waals surface area contributed by atoms with Crippen molar-refractivity contribution in [3.63, 3.8) is 0 Å². The predicted octanol–water partition coefficient (Wildman–Crippen LogP) is 2.83. The van der Waals surface area contributed by atoms with Crippen LogP contribution in [-0.4, -0.2) is 23.5 Å². The van der Waals surface area contributed by atoms with Crippen molar-refractivity contribution in [2.24, 2.45) is 11.8 Å². The average molecular weight is 281 g/mol. The molecule has 4 nitrogen and oxygen atoms in total. The molecule has 0 radical (unpaired) electrons. The van der Waals surface area contributed by atoms with Gasteiger partial charge in [0.25, 0.3) is 0 Å². The maximum absolute atomic E-state index is 12.1. The van der Waals surface area contributed by atoms with Gasteiger partial charge in [0, 0.05) is 6.42 Å². The monoisotopic (exact) mass is 281 g/mol. The first kappa shape index (κ1) is 16.7. The van der Waals surface area contributed by atoms with E-state index in [0.717, 1.165) is 12.8 Å². The molecule has 4 heteroatoms. The van der Waals surface area contributed by atoms with Gasteiger partial charge in [-0.15, -0.1) is 0 Å². The summed E-state index contributed by atoms with van der Waals surface area (Å²) in [5.41, 5.74) is -0.539. The number of rotatable bonds is 5. The van der Waals surface area contributed by atoms with E-state index in [1.54, 1.807) is 0 Å². The minimum absolute atomic E-state index is 0.00733. The summed E-state index contributed by atoms with van der Waals surface area (Å²) in [6.07, 6.45) is 6.69. The van der Waals surface area contributed by atoms with Crippen LogP contribution in [-0.2, 0) is 14.3 Å². The molecule has 1 aliphatic rings. The highest BCUT2D eigenvalue weighted by Gasteiger charge is 2.29. The van der Waals surface area contributed by atoms with Gasteiger partial charge in [-0.05, 0) is 45.4 Å². The fraction of sp³-hybridized carbons (Fsp3) is 0.750. The largest absolute Gasteiger partial charge is 0.458 e. The predicted molar refractivity (Wildman–Crippen MR) is 79.1 cm³/mol. The van der Waals surface area contributed by atoms with Crippen LogP contribution in [0.25, 0.3) is 0 Å². The van der Waals surface area contributed by atoms with E-state index in [4.69, 9.17) is 4.74 Å². The van der Waals surface area contributed by atoms with E-state index in [0.29, 0.717) is 12.3 Å². The maximum atomic E-state index is 12.1. The van der Waals surface area contributed by atoms with Gasteiger partial charge in [-0.3, -0.25) is 4.79 Å². The Hall–Kier alpha value is -1.32. The van der Waals surface area contributed by atoms with Crippen molar-refractivity contribution >= 4 is 11.9 Å². The van der Waals surface area contributed by atoms with Gasteiger partial charge in [-0.1, -0.05) is 26.0 Å². The van der Waals surface area contributed by atoms with Gasteiger partial charge < -0.3 is 10.1 Å². The van der Waals surface area contributed by atoms with E-state index < -0.39 is 11.6 Å². The zero-order valence-electron chi connectivity index (χ0n) is 13.2. The van der Waals surface area contributed by atoms with E-state index in [9.17, 15) is 9.59 Å². The minimum atomic E-state index is -0.577. The number of carbonyl (C=O) groups excluding carboxylic acids is 2. The number of amides is 1. The minimum Gasteiger partial charge on any atom is -0.458 e. The molecule has 0 saturated heterocycles. The molecule has 2 atom stereocenters. The van der Waals surface area contributed by atoms with Gasteiger partial charge in [0.05, 0.1) is 0 Å². The molecule has 0 aromatic heterocycles. The fourth-order valence-electron chi connectivity index (χ4n) is 2.20. The normalized spacial score (nSPS) is 20.0. The van der Waals surface area contributed by atoms with Crippen LogP contribution in [0, 0.1) is 11.8 Å². The lowest BCUT2D eigenvalue weighted by atomic mass is 10.0. The molecule has 0 heterocycles. The summed E-state index contributed by atoms with van der Waals surface area (Å²) in [5.74, 6) is -0.122. The second-order valence-electron chi connectivity index (χ2n) is 6.79. The van der Waals surface area contributed by atoms with Crippen molar-refractivity contribution in [3.05, 3.63) is 12.2 Å². The van der Waals surface area contributed by atoms with Crippen LogP contribution in [0.2, 0.25) is 0 Å². The van der Waals surface area contributed by atoms with E-state index >= 15 is 0 Å². The highest BCUT2D eigenvalue weighted by atomic mass is 16.6. The van der Waals surface area contributed by atoms with Crippen LogP contribution in [0.4, 0.5) is 0 Å². The van der Waals surface area contributed by atoms with Gasteiger partial charge in [0.15, 0.2) is 0 Å². The molecule has 1 rings (SSSR count). The van der Waals surface area contributed by atoms with Crippen LogP contribution in [0.1, 0.15) is 53.9 Å².